The predicted octanol–water partition coefficient (Wildman–Crippen LogP) is 2.23. The second kappa shape index (κ2) is 5.89. The summed E-state index contributed by atoms with van der Waals surface area (Å²) in [5.41, 5.74) is -0.241. The fraction of sp³-hybridized carbons (Fsp3) is 0.333. The Bertz CT molecular complexity index is 386. The summed E-state index contributed by atoms with van der Waals surface area (Å²) in [5, 5.41) is 20.0. The summed E-state index contributed by atoms with van der Waals surface area (Å²) in [7, 11) is 0. The molecule has 5 nitrogen and oxygen atoms in total. The van der Waals surface area contributed by atoms with Crippen LogP contribution in [0.15, 0.2) is 18.2 Å². The lowest BCUT2D eigenvalue weighted by Crippen LogP contribution is -2.19. The molecule has 1 rings (SSSR count). The first-order valence-electron chi connectivity index (χ1n) is 4.36. The fourth-order valence-corrected chi connectivity index (χ4v) is 1.32. The minimum atomic E-state index is -0.891. The summed E-state index contributed by atoms with van der Waals surface area (Å²) in [6, 6.07) is 4.19. The molecule has 0 aliphatic heterocycles. The summed E-state index contributed by atoms with van der Waals surface area (Å²) >= 11 is 11.1. The van der Waals surface area contributed by atoms with E-state index in [1.165, 1.54) is 18.2 Å². The minimum Gasteiger partial charge on any atom is -0.483 e. The molecule has 0 aromatic heterocycles. The van der Waals surface area contributed by atoms with Gasteiger partial charge >= 0.3 is 5.69 Å². The van der Waals surface area contributed by atoms with Crippen LogP contribution in [0, 0.1) is 10.1 Å². The number of ether oxygens (including phenoxy) is 1. The fourth-order valence-electron chi connectivity index (χ4n) is 1.01. The van der Waals surface area contributed by atoms with E-state index in [9.17, 15) is 10.1 Å². The molecule has 1 unspecified atom stereocenters. The Morgan fingerprint density at radius 3 is 2.81 bits per heavy atom. The van der Waals surface area contributed by atoms with Gasteiger partial charge in [0, 0.05) is 6.07 Å². The summed E-state index contributed by atoms with van der Waals surface area (Å²) in [6.07, 6.45) is -0.891. The summed E-state index contributed by atoms with van der Waals surface area (Å²) < 4.78 is 5.07. The number of para-hydroxylation sites is 1. The van der Waals surface area contributed by atoms with Crippen molar-refractivity contribution in [2.75, 3.05) is 12.5 Å². The van der Waals surface area contributed by atoms with Crippen molar-refractivity contribution in [3.63, 3.8) is 0 Å². The van der Waals surface area contributed by atoms with Crippen LogP contribution in [-0.4, -0.2) is 28.6 Å². The van der Waals surface area contributed by atoms with Crippen LogP contribution in [0.1, 0.15) is 0 Å². The maximum Gasteiger partial charge on any atom is 0.312 e. The topological polar surface area (TPSA) is 72.6 Å². The molecule has 0 radical (unpaired) electrons. The van der Waals surface area contributed by atoms with Gasteiger partial charge in [0.1, 0.15) is 12.7 Å². The van der Waals surface area contributed by atoms with E-state index in [2.05, 4.69) is 0 Å². The molecule has 0 saturated carbocycles. The van der Waals surface area contributed by atoms with Gasteiger partial charge < -0.3 is 9.84 Å². The van der Waals surface area contributed by atoms with Gasteiger partial charge in [0.15, 0.2) is 0 Å². The molecule has 1 aromatic carbocycles. The molecule has 0 amide bonds. The van der Waals surface area contributed by atoms with E-state index in [0.717, 1.165) is 0 Å². The Labute approximate surface area is 102 Å². The second-order valence-corrected chi connectivity index (χ2v) is 3.68. The monoisotopic (exact) mass is 265 g/mol. The number of nitro groups is 1. The highest BCUT2D eigenvalue weighted by Crippen LogP contribution is 2.34. The lowest BCUT2D eigenvalue weighted by molar-refractivity contribution is -0.385. The first-order valence-corrected chi connectivity index (χ1v) is 5.27. The zero-order chi connectivity index (χ0) is 12.1. The molecule has 0 spiro atoms. The third-order valence-corrected chi connectivity index (χ3v) is 2.39. The molecule has 7 heteroatoms. The van der Waals surface area contributed by atoms with E-state index in [0.29, 0.717) is 0 Å². The number of nitro benzene ring substituents is 1. The summed E-state index contributed by atoms with van der Waals surface area (Å²) in [4.78, 5) is 10.1. The van der Waals surface area contributed by atoms with Crippen LogP contribution >= 0.6 is 23.2 Å². The van der Waals surface area contributed by atoms with Crippen molar-refractivity contribution in [1.82, 2.24) is 0 Å². The van der Waals surface area contributed by atoms with Crippen LogP contribution in [0.5, 0.6) is 5.75 Å². The molecule has 0 heterocycles. The highest BCUT2D eigenvalue weighted by Gasteiger charge is 2.19. The Kier molecular flexibility index (Phi) is 4.79. The third kappa shape index (κ3) is 3.23. The van der Waals surface area contributed by atoms with Gasteiger partial charge in [-0.25, -0.2) is 0 Å². The van der Waals surface area contributed by atoms with Gasteiger partial charge in [0.2, 0.25) is 5.75 Å². The van der Waals surface area contributed by atoms with E-state index in [4.69, 9.17) is 33.0 Å². The van der Waals surface area contributed by atoms with Crippen molar-refractivity contribution < 1.29 is 14.8 Å². The number of alkyl halides is 1. The number of hydrogen-bond donors (Lipinski definition) is 1. The van der Waals surface area contributed by atoms with Gasteiger partial charge in [0.25, 0.3) is 0 Å². The van der Waals surface area contributed by atoms with Crippen molar-refractivity contribution in [1.29, 1.82) is 0 Å². The third-order valence-electron chi connectivity index (χ3n) is 1.74. The zero-order valence-corrected chi connectivity index (χ0v) is 9.61. The van der Waals surface area contributed by atoms with Crippen molar-refractivity contribution in [2.24, 2.45) is 0 Å². The van der Waals surface area contributed by atoms with Gasteiger partial charge in [-0.15, -0.1) is 11.6 Å². The van der Waals surface area contributed by atoms with Gasteiger partial charge in [-0.3, -0.25) is 10.1 Å². The first-order chi connectivity index (χ1) is 7.56. The van der Waals surface area contributed by atoms with Crippen LogP contribution in [0.4, 0.5) is 5.69 Å². The first kappa shape index (κ1) is 13.0. The normalized spacial score (nSPS) is 12.2. The largest absolute Gasteiger partial charge is 0.483 e. The standard InChI is InChI=1S/C9H9Cl2NO4/c10-4-6(13)5-16-9-7(11)2-1-3-8(9)12(14)15/h1-3,6,13H,4-5H2. The van der Waals surface area contributed by atoms with Gasteiger partial charge in [-0.1, -0.05) is 17.7 Å². The molecular formula is C9H9Cl2NO4. The number of hydrogen-bond acceptors (Lipinski definition) is 4. The van der Waals surface area contributed by atoms with Crippen LogP contribution in [0.25, 0.3) is 0 Å². The van der Waals surface area contributed by atoms with E-state index < -0.39 is 11.0 Å². The highest BCUT2D eigenvalue weighted by atomic mass is 35.5. The maximum absolute atomic E-state index is 10.7. The van der Waals surface area contributed by atoms with Gasteiger partial charge in [0.05, 0.1) is 15.8 Å². The number of aliphatic hydroxyl groups is 1. The molecule has 88 valence electrons. The summed E-state index contributed by atoms with van der Waals surface area (Å²) in [5.74, 6) is -0.0727. The van der Waals surface area contributed by atoms with Crippen molar-refractivity contribution >= 4 is 28.9 Å². The molecule has 0 fully saturated rings. The smallest absolute Gasteiger partial charge is 0.312 e. The molecule has 0 aliphatic carbocycles. The van der Waals surface area contributed by atoms with Gasteiger partial charge in [-0.2, -0.15) is 0 Å². The molecule has 0 bridgehead atoms. The number of nitrogens with zero attached hydrogens (tertiary/aromatic N) is 1. The average Bonchev–Trinajstić information content (AvgIpc) is 2.26. The minimum absolute atomic E-state index is 0.0156. The van der Waals surface area contributed by atoms with Crippen LogP contribution < -0.4 is 4.74 Å². The SMILES string of the molecule is O=[N+]([O-])c1cccc(Cl)c1OCC(O)CCl. The second-order valence-electron chi connectivity index (χ2n) is 2.96. The Hall–Kier alpha value is -1.04. The predicted molar refractivity (Wildman–Crippen MR) is 60.3 cm³/mol. The Balaban J connectivity index is 2.88. The lowest BCUT2D eigenvalue weighted by atomic mass is 10.3. The molecule has 1 N–H and O–H groups in total. The number of rotatable bonds is 5. The van der Waals surface area contributed by atoms with Crippen LogP contribution in [0.3, 0.4) is 0 Å². The van der Waals surface area contributed by atoms with Crippen LogP contribution in [-0.2, 0) is 0 Å². The number of halogens is 2. The molecule has 0 aliphatic rings. The van der Waals surface area contributed by atoms with Crippen molar-refractivity contribution in [2.45, 2.75) is 6.10 Å². The summed E-state index contributed by atoms with van der Waals surface area (Å²) in [6.45, 7) is -0.145. The zero-order valence-electron chi connectivity index (χ0n) is 8.10. The van der Waals surface area contributed by atoms with E-state index in [1.54, 1.807) is 0 Å². The molecule has 16 heavy (non-hydrogen) atoms. The molecule has 1 aromatic rings. The Morgan fingerprint density at radius 2 is 2.25 bits per heavy atom. The van der Waals surface area contributed by atoms with E-state index in [1.807, 2.05) is 0 Å². The van der Waals surface area contributed by atoms with Crippen molar-refractivity contribution in [3.8, 4) is 5.75 Å². The highest BCUT2D eigenvalue weighted by molar-refractivity contribution is 6.32. The Morgan fingerprint density at radius 1 is 1.56 bits per heavy atom. The molecule has 1 atom stereocenters. The van der Waals surface area contributed by atoms with Crippen molar-refractivity contribution in [3.05, 3.63) is 33.3 Å². The van der Waals surface area contributed by atoms with E-state index >= 15 is 0 Å². The molecular weight excluding hydrogens is 257 g/mol. The lowest BCUT2D eigenvalue weighted by Gasteiger charge is -2.10. The maximum atomic E-state index is 10.7. The quantitative estimate of drug-likeness (QED) is 0.504. The van der Waals surface area contributed by atoms with E-state index in [-0.39, 0.29) is 28.9 Å². The molecule has 0 saturated heterocycles. The number of benzene rings is 1. The van der Waals surface area contributed by atoms with Gasteiger partial charge in [-0.05, 0) is 6.07 Å². The van der Waals surface area contributed by atoms with Crippen LogP contribution in [0.2, 0.25) is 5.02 Å². The average molecular weight is 266 g/mol. The number of aliphatic hydroxyl groups excluding tert-OH is 1.